The summed E-state index contributed by atoms with van der Waals surface area (Å²) in [7, 11) is 1.52. The van der Waals surface area contributed by atoms with Crippen LogP contribution >= 0.6 is 15.9 Å². The van der Waals surface area contributed by atoms with Crippen molar-refractivity contribution in [2.75, 3.05) is 7.11 Å². The molecular formula is C14H19BrN2O3. The number of benzene rings is 1. The standard InChI is InChI=1S/C14H19BrN2O3/c1-4-8(2)12(13(16)18)17-14(19)10-7-9(20-3)5-6-11(10)15/h5-8,12H,4H2,1-3H3,(H2,16,18)(H,17,19). The average Bonchev–Trinajstić information content (AvgIpc) is 2.43. The van der Waals surface area contributed by atoms with Gasteiger partial charge in [-0.25, -0.2) is 0 Å². The van der Waals surface area contributed by atoms with Gasteiger partial charge in [-0.05, 0) is 40.0 Å². The molecule has 2 unspecified atom stereocenters. The number of hydrogen-bond donors (Lipinski definition) is 2. The van der Waals surface area contributed by atoms with Crippen molar-refractivity contribution >= 4 is 27.7 Å². The van der Waals surface area contributed by atoms with Gasteiger partial charge in [-0.1, -0.05) is 20.3 Å². The van der Waals surface area contributed by atoms with Crippen molar-refractivity contribution in [2.45, 2.75) is 26.3 Å². The lowest BCUT2D eigenvalue weighted by Gasteiger charge is -2.21. The van der Waals surface area contributed by atoms with Crippen LogP contribution in [-0.4, -0.2) is 25.0 Å². The Labute approximate surface area is 127 Å². The monoisotopic (exact) mass is 342 g/mol. The number of primary amides is 1. The quantitative estimate of drug-likeness (QED) is 0.830. The highest BCUT2D eigenvalue weighted by Gasteiger charge is 2.25. The lowest BCUT2D eigenvalue weighted by atomic mass is 9.98. The van der Waals surface area contributed by atoms with E-state index >= 15 is 0 Å². The Bertz CT molecular complexity index is 505. The van der Waals surface area contributed by atoms with Crippen LogP contribution in [0.25, 0.3) is 0 Å². The fraction of sp³-hybridized carbons (Fsp3) is 0.429. The Morgan fingerprint density at radius 2 is 2.10 bits per heavy atom. The zero-order chi connectivity index (χ0) is 15.3. The van der Waals surface area contributed by atoms with Crippen LogP contribution in [0.15, 0.2) is 22.7 Å². The second kappa shape index (κ2) is 7.28. The first-order valence-electron chi connectivity index (χ1n) is 6.34. The van der Waals surface area contributed by atoms with Gasteiger partial charge in [0.15, 0.2) is 0 Å². The molecule has 1 rings (SSSR count). The van der Waals surface area contributed by atoms with E-state index in [0.717, 1.165) is 6.42 Å². The SMILES string of the molecule is CCC(C)C(NC(=O)c1cc(OC)ccc1Br)C(N)=O. The number of carbonyl (C=O) groups excluding carboxylic acids is 2. The van der Waals surface area contributed by atoms with Gasteiger partial charge in [0, 0.05) is 4.47 Å². The third kappa shape index (κ3) is 3.96. The Balaban J connectivity index is 2.97. The summed E-state index contributed by atoms with van der Waals surface area (Å²) < 4.78 is 5.72. The highest BCUT2D eigenvalue weighted by atomic mass is 79.9. The van der Waals surface area contributed by atoms with Crippen molar-refractivity contribution in [3.8, 4) is 5.75 Å². The molecule has 5 nitrogen and oxygen atoms in total. The van der Waals surface area contributed by atoms with Gasteiger partial charge in [-0.3, -0.25) is 9.59 Å². The molecule has 110 valence electrons. The summed E-state index contributed by atoms with van der Waals surface area (Å²) in [4.78, 5) is 23.7. The van der Waals surface area contributed by atoms with Crippen molar-refractivity contribution in [3.05, 3.63) is 28.2 Å². The number of amides is 2. The fourth-order valence-electron chi connectivity index (χ4n) is 1.75. The van der Waals surface area contributed by atoms with E-state index in [4.69, 9.17) is 10.5 Å². The van der Waals surface area contributed by atoms with E-state index < -0.39 is 11.9 Å². The van der Waals surface area contributed by atoms with Crippen molar-refractivity contribution in [1.29, 1.82) is 0 Å². The third-order valence-electron chi connectivity index (χ3n) is 3.22. The normalized spacial score (nSPS) is 13.4. The number of halogens is 1. The van der Waals surface area contributed by atoms with Crippen LogP contribution in [0.4, 0.5) is 0 Å². The first-order chi connectivity index (χ1) is 9.40. The first kappa shape index (κ1) is 16.5. The van der Waals surface area contributed by atoms with E-state index in [0.29, 0.717) is 15.8 Å². The highest BCUT2D eigenvalue weighted by molar-refractivity contribution is 9.10. The van der Waals surface area contributed by atoms with Crippen LogP contribution in [-0.2, 0) is 4.79 Å². The molecule has 0 saturated carbocycles. The Kier molecular flexibility index (Phi) is 6.01. The molecule has 0 aliphatic heterocycles. The van der Waals surface area contributed by atoms with Crippen LogP contribution in [0.3, 0.4) is 0 Å². The molecule has 0 spiro atoms. The van der Waals surface area contributed by atoms with E-state index in [1.165, 1.54) is 7.11 Å². The van der Waals surface area contributed by atoms with Gasteiger partial charge in [0.25, 0.3) is 5.91 Å². The lowest BCUT2D eigenvalue weighted by molar-refractivity contribution is -0.120. The molecule has 0 aliphatic rings. The largest absolute Gasteiger partial charge is 0.497 e. The van der Waals surface area contributed by atoms with Gasteiger partial charge in [0.05, 0.1) is 12.7 Å². The molecule has 1 aromatic carbocycles. The zero-order valence-corrected chi connectivity index (χ0v) is 13.4. The second-order valence-corrected chi connectivity index (χ2v) is 5.44. The summed E-state index contributed by atoms with van der Waals surface area (Å²) in [5.41, 5.74) is 5.75. The van der Waals surface area contributed by atoms with Gasteiger partial charge < -0.3 is 15.8 Å². The van der Waals surface area contributed by atoms with Crippen molar-refractivity contribution in [3.63, 3.8) is 0 Å². The van der Waals surface area contributed by atoms with Crippen LogP contribution < -0.4 is 15.8 Å². The predicted octanol–water partition coefficient (Wildman–Crippen LogP) is 2.09. The molecule has 0 saturated heterocycles. The molecule has 0 fully saturated rings. The van der Waals surface area contributed by atoms with Gasteiger partial charge in [0.2, 0.25) is 5.91 Å². The third-order valence-corrected chi connectivity index (χ3v) is 3.92. The summed E-state index contributed by atoms with van der Waals surface area (Å²) in [6.45, 7) is 3.81. The number of methoxy groups -OCH3 is 1. The topological polar surface area (TPSA) is 81.4 Å². The zero-order valence-electron chi connectivity index (χ0n) is 11.8. The molecule has 20 heavy (non-hydrogen) atoms. The van der Waals surface area contributed by atoms with Crippen LogP contribution in [0.5, 0.6) is 5.75 Å². The molecule has 0 radical (unpaired) electrons. The second-order valence-electron chi connectivity index (χ2n) is 4.58. The van der Waals surface area contributed by atoms with Crippen molar-refractivity contribution < 1.29 is 14.3 Å². The van der Waals surface area contributed by atoms with Crippen molar-refractivity contribution in [2.24, 2.45) is 11.7 Å². The predicted molar refractivity (Wildman–Crippen MR) is 80.6 cm³/mol. The van der Waals surface area contributed by atoms with E-state index in [-0.39, 0.29) is 11.8 Å². The summed E-state index contributed by atoms with van der Waals surface area (Å²) in [6, 6.07) is 4.37. The molecule has 0 aliphatic carbocycles. The minimum absolute atomic E-state index is 0.0270. The van der Waals surface area contributed by atoms with Gasteiger partial charge in [-0.15, -0.1) is 0 Å². The number of nitrogens with two attached hydrogens (primary N) is 1. The van der Waals surface area contributed by atoms with Gasteiger partial charge in [0.1, 0.15) is 11.8 Å². The molecule has 3 N–H and O–H groups in total. The van der Waals surface area contributed by atoms with E-state index in [9.17, 15) is 9.59 Å². The van der Waals surface area contributed by atoms with Crippen LogP contribution in [0, 0.1) is 5.92 Å². The number of rotatable bonds is 6. The van der Waals surface area contributed by atoms with E-state index in [2.05, 4.69) is 21.2 Å². The van der Waals surface area contributed by atoms with E-state index in [1.54, 1.807) is 18.2 Å². The number of nitrogens with one attached hydrogen (secondary N) is 1. The van der Waals surface area contributed by atoms with E-state index in [1.807, 2.05) is 13.8 Å². The maximum absolute atomic E-state index is 12.3. The molecule has 0 heterocycles. The molecule has 6 heteroatoms. The Morgan fingerprint density at radius 1 is 1.45 bits per heavy atom. The highest BCUT2D eigenvalue weighted by Crippen LogP contribution is 2.22. The Morgan fingerprint density at radius 3 is 2.60 bits per heavy atom. The van der Waals surface area contributed by atoms with Crippen LogP contribution in [0.1, 0.15) is 30.6 Å². The molecular weight excluding hydrogens is 324 g/mol. The lowest BCUT2D eigenvalue weighted by Crippen LogP contribution is -2.48. The van der Waals surface area contributed by atoms with Crippen molar-refractivity contribution in [1.82, 2.24) is 5.32 Å². The van der Waals surface area contributed by atoms with Crippen LogP contribution in [0.2, 0.25) is 0 Å². The maximum Gasteiger partial charge on any atom is 0.253 e. The number of hydrogen-bond acceptors (Lipinski definition) is 3. The minimum Gasteiger partial charge on any atom is -0.497 e. The Hall–Kier alpha value is -1.56. The molecule has 0 bridgehead atoms. The number of ether oxygens (including phenoxy) is 1. The fourth-order valence-corrected chi connectivity index (χ4v) is 2.18. The minimum atomic E-state index is -0.689. The molecule has 2 amide bonds. The average molecular weight is 343 g/mol. The summed E-state index contributed by atoms with van der Waals surface area (Å²) >= 11 is 3.31. The molecule has 0 aromatic heterocycles. The maximum atomic E-state index is 12.3. The number of carbonyl (C=O) groups is 2. The molecule has 2 atom stereocenters. The van der Waals surface area contributed by atoms with Gasteiger partial charge in [-0.2, -0.15) is 0 Å². The summed E-state index contributed by atoms with van der Waals surface area (Å²) in [6.07, 6.45) is 0.743. The first-order valence-corrected chi connectivity index (χ1v) is 7.13. The summed E-state index contributed by atoms with van der Waals surface area (Å²) in [5.74, 6) is -0.357. The molecule has 1 aromatic rings. The van der Waals surface area contributed by atoms with Gasteiger partial charge >= 0.3 is 0 Å². The summed E-state index contributed by atoms with van der Waals surface area (Å²) in [5, 5.41) is 2.68. The smallest absolute Gasteiger partial charge is 0.253 e.